The summed E-state index contributed by atoms with van der Waals surface area (Å²) in [6.07, 6.45) is 0.819. The van der Waals surface area contributed by atoms with Gasteiger partial charge in [-0.15, -0.1) is 0 Å². The Morgan fingerprint density at radius 1 is 0.889 bits per heavy atom. The van der Waals surface area contributed by atoms with Gasteiger partial charge >= 0.3 is 5.97 Å². The number of carbonyl (C=O) groups excluding carboxylic acids is 1. The third-order valence-corrected chi connectivity index (χ3v) is 4.84. The third kappa shape index (κ3) is 5.25. The second kappa shape index (κ2) is 8.94. The molecule has 0 saturated carbocycles. The molecule has 5 heteroatoms. The second-order valence-electron chi connectivity index (χ2n) is 6.01. The minimum Gasteiger partial charge on any atom is -0.493 e. The second-order valence-corrected chi connectivity index (χ2v) is 6.82. The van der Waals surface area contributed by atoms with Crippen LogP contribution in [0.15, 0.2) is 66.7 Å². The molecule has 138 valence electrons. The number of halogens is 2. The Balaban J connectivity index is 1.57. The molecule has 3 rings (SSSR count). The van der Waals surface area contributed by atoms with E-state index in [0.29, 0.717) is 33.7 Å². The minimum atomic E-state index is -0.484. The van der Waals surface area contributed by atoms with Gasteiger partial charge in [-0.05, 0) is 54.4 Å². The van der Waals surface area contributed by atoms with Crippen molar-refractivity contribution >= 4 is 29.2 Å². The summed E-state index contributed by atoms with van der Waals surface area (Å²) in [6.45, 7) is 2.36. The highest BCUT2D eigenvalue weighted by molar-refractivity contribution is 6.36. The molecule has 3 nitrogen and oxygen atoms in total. The zero-order valence-electron chi connectivity index (χ0n) is 14.7. The Kier molecular flexibility index (Phi) is 6.38. The van der Waals surface area contributed by atoms with E-state index >= 15 is 0 Å². The van der Waals surface area contributed by atoms with Gasteiger partial charge in [0.15, 0.2) is 0 Å². The van der Waals surface area contributed by atoms with Crippen LogP contribution in [0.2, 0.25) is 10.0 Å². The van der Waals surface area contributed by atoms with E-state index < -0.39 is 5.97 Å². The normalized spacial score (nSPS) is 10.5. The van der Waals surface area contributed by atoms with E-state index in [0.717, 1.165) is 12.0 Å². The highest BCUT2D eigenvalue weighted by Gasteiger charge is 2.11. The number of benzene rings is 3. The molecular weight excluding hydrogens is 383 g/mol. The third-order valence-electron chi connectivity index (χ3n) is 4.06. The average Bonchev–Trinajstić information content (AvgIpc) is 2.67. The Hall–Kier alpha value is -2.49. The number of esters is 1. The molecule has 0 spiro atoms. The summed E-state index contributed by atoms with van der Waals surface area (Å²) in [5.74, 6) is 0.523. The molecule has 27 heavy (non-hydrogen) atoms. The quantitative estimate of drug-likeness (QED) is 0.368. The standard InChI is InChI=1S/C22H18Cl2O3/c1-15-20(23)13-19(14-21(15)24)27-22(25)17-7-9-18(10-8-17)26-12-11-16-5-3-2-4-6-16/h2-10,13-14H,11-12H2,1H3. The van der Waals surface area contributed by atoms with Gasteiger partial charge < -0.3 is 9.47 Å². The van der Waals surface area contributed by atoms with Crippen molar-refractivity contribution in [3.63, 3.8) is 0 Å². The highest BCUT2D eigenvalue weighted by atomic mass is 35.5. The molecule has 0 saturated heterocycles. The fraction of sp³-hybridized carbons (Fsp3) is 0.136. The Labute approximate surface area is 168 Å². The molecule has 0 N–H and O–H groups in total. The van der Waals surface area contributed by atoms with Gasteiger partial charge in [0.05, 0.1) is 12.2 Å². The lowest BCUT2D eigenvalue weighted by Gasteiger charge is -2.09. The summed E-state index contributed by atoms with van der Waals surface area (Å²) in [6, 6.07) is 20.1. The molecule has 3 aromatic carbocycles. The summed E-state index contributed by atoms with van der Waals surface area (Å²) in [5.41, 5.74) is 2.38. The van der Waals surface area contributed by atoms with Crippen molar-refractivity contribution in [3.05, 3.63) is 93.5 Å². The molecule has 0 bridgehead atoms. The molecule has 0 aliphatic heterocycles. The minimum absolute atomic E-state index is 0.309. The van der Waals surface area contributed by atoms with Gasteiger partial charge in [-0.1, -0.05) is 53.5 Å². The zero-order valence-corrected chi connectivity index (χ0v) is 16.3. The van der Waals surface area contributed by atoms with Crippen LogP contribution in [0.5, 0.6) is 11.5 Å². The topological polar surface area (TPSA) is 35.5 Å². The lowest BCUT2D eigenvalue weighted by Crippen LogP contribution is -2.08. The van der Waals surface area contributed by atoms with Crippen LogP contribution in [0.25, 0.3) is 0 Å². The Morgan fingerprint density at radius 3 is 2.15 bits per heavy atom. The molecule has 0 fully saturated rings. The number of rotatable bonds is 6. The monoisotopic (exact) mass is 400 g/mol. The van der Waals surface area contributed by atoms with E-state index in [1.165, 1.54) is 5.56 Å². The van der Waals surface area contributed by atoms with E-state index in [1.54, 1.807) is 43.3 Å². The van der Waals surface area contributed by atoms with Crippen molar-refractivity contribution in [2.45, 2.75) is 13.3 Å². The summed E-state index contributed by atoms with van der Waals surface area (Å²) >= 11 is 12.1. The molecule has 0 heterocycles. The molecular formula is C22H18Cl2O3. The SMILES string of the molecule is Cc1c(Cl)cc(OC(=O)c2ccc(OCCc3ccccc3)cc2)cc1Cl. The van der Waals surface area contributed by atoms with E-state index in [4.69, 9.17) is 32.7 Å². The lowest BCUT2D eigenvalue weighted by atomic mass is 10.2. The molecule has 0 aliphatic carbocycles. The summed E-state index contributed by atoms with van der Waals surface area (Å²) in [4.78, 5) is 12.3. The smallest absolute Gasteiger partial charge is 0.343 e. The maximum atomic E-state index is 12.3. The van der Waals surface area contributed by atoms with Crippen LogP contribution in [0.1, 0.15) is 21.5 Å². The van der Waals surface area contributed by atoms with Crippen molar-refractivity contribution in [2.24, 2.45) is 0 Å². The van der Waals surface area contributed by atoms with Gasteiger partial charge in [-0.25, -0.2) is 4.79 Å². The molecule has 0 unspecified atom stereocenters. The highest BCUT2D eigenvalue weighted by Crippen LogP contribution is 2.30. The zero-order chi connectivity index (χ0) is 19.2. The van der Waals surface area contributed by atoms with Crippen molar-refractivity contribution in [2.75, 3.05) is 6.61 Å². The van der Waals surface area contributed by atoms with Crippen molar-refractivity contribution < 1.29 is 14.3 Å². The van der Waals surface area contributed by atoms with Crippen LogP contribution >= 0.6 is 23.2 Å². The maximum Gasteiger partial charge on any atom is 0.343 e. The molecule has 0 radical (unpaired) electrons. The van der Waals surface area contributed by atoms with E-state index in [9.17, 15) is 4.79 Å². The Morgan fingerprint density at radius 2 is 1.52 bits per heavy atom. The predicted octanol–water partition coefficient (Wildman–Crippen LogP) is 6.14. The molecule has 3 aromatic rings. The van der Waals surface area contributed by atoms with Crippen molar-refractivity contribution in [1.29, 1.82) is 0 Å². The van der Waals surface area contributed by atoms with Crippen molar-refractivity contribution in [1.82, 2.24) is 0 Å². The summed E-state index contributed by atoms with van der Waals surface area (Å²) in [7, 11) is 0. The fourth-order valence-electron chi connectivity index (χ4n) is 2.47. The van der Waals surface area contributed by atoms with Crippen LogP contribution in [0, 0.1) is 6.92 Å². The van der Waals surface area contributed by atoms with Gasteiger partial charge in [0.2, 0.25) is 0 Å². The summed E-state index contributed by atoms with van der Waals surface area (Å²) in [5, 5.41) is 0.903. The van der Waals surface area contributed by atoms with Crippen LogP contribution in [-0.4, -0.2) is 12.6 Å². The first-order valence-electron chi connectivity index (χ1n) is 8.47. The van der Waals surface area contributed by atoms with Gasteiger partial charge in [0.25, 0.3) is 0 Å². The van der Waals surface area contributed by atoms with Crippen molar-refractivity contribution in [3.8, 4) is 11.5 Å². The number of hydrogen-bond donors (Lipinski definition) is 0. The van der Waals surface area contributed by atoms with Crippen LogP contribution in [0.4, 0.5) is 0 Å². The first-order valence-corrected chi connectivity index (χ1v) is 9.23. The molecule has 0 aliphatic rings. The van der Waals surface area contributed by atoms with Gasteiger partial charge in [-0.2, -0.15) is 0 Å². The maximum absolute atomic E-state index is 12.3. The van der Waals surface area contributed by atoms with Crippen LogP contribution in [-0.2, 0) is 6.42 Å². The largest absolute Gasteiger partial charge is 0.493 e. The predicted molar refractivity (Wildman–Crippen MR) is 108 cm³/mol. The first kappa shape index (κ1) is 19.3. The van der Waals surface area contributed by atoms with E-state index in [-0.39, 0.29) is 0 Å². The van der Waals surface area contributed by atoms with Gasteiger partial charge in [-0.3, -0.25) is 0 Å². The number of carbonyl (C=O) groups is 1. The van der Waals surface area contributed by atoms with Gasteiger partial charge in [0.1, 0.15) is 11.5 Å². The molecule has 0 amide bonds. The molecule has 0 aromatic heterocycles. The lowest BCUT2D eigenvalue weighted by molar-refractivity contribution is 0.0735. The van der Waals surface area contributed by atoms with Crippen LogP contribution < -0.4 is 9.47 Å². The number of hydrogen-bond acceptors (Lipinski definition) is 3. The van der Waals surface area contributed by atoms with Crippen LogP contribution in [0.3, 0.4) is 0 Å². The van der Waals surface area contributed by atoms with E-state index in [1.807, 2.05) is 18.2 Å². The van der Waals surface area contributed by atoms with E-state index in [2.05, 4.69) is 12.1 Å². The Bertz CT molecular complexity index is 899. The molecule has 0 atom stereocenters. The average molecular weight is 401 g/mol. The summed E-state index contributed by atoms with van der Waals surface area (Å²) < 4.78 is 11.1. The fourth-order valence-corrected chi connectivity index (χ4v) is 2.93. The number of ether oxygens (including phenoxy) is 2. The first-order chi connectivity index (χ1) is 13.0. The van der Waals surface area contributed by atoms with Gasteiger partial charge in [0, 0.05) is 16.5 Å².